The molecule has 2 amide bonds. The monoisotopic (exact) mass is 428 g/mol. The molecule has 1 aliphatic heterocycles. The second-order valence-corrected chi connectivity index (χ2v) is 7.75. The highest BCUT2D eigenvalue weighted by atomic mass is 35.5. The van der Waals surface area contributed by atoms with Crippen molar-refractivity contribution in [3.8, 4) is 5.75 Å². The predicted octanol–water partition coefficient (Wildman–Crippen LogP) is 4.54. The maximum absolute atomic E-state index is 12.8. The molecular formula is C23H25ClN2O4. The summed E-state index contributed by atoms with van der Waals surface area (Å²) in [4.78, 5) is 38.8. The zero-order valence-electron chi connectivity index (χ0n) is 16.9. The minimum Gasteiger partial charge on any atom is -0.427 e. The van der Waals surface area contributed by atoms with Crippen molar-refractivity contribution in [2.45, 2.75) is 32.6 Å². The topological polar surface area (TPSA) is 75.7 Å². The molecule has 2 aromatic carbocycles. The van der Waals surface area contributed by atoms with E-state index in [4.69, 9.17) is 16.3 Å². The first-order valence-corrected chi connectivity index (χ1v) is 10.5. The molecular weight excluding hydrogens is 404 g/mol. The number of hydrogen-bond donors (Lipinski definition) is 1. The summed E-state index contributed by atoms with van der Waals surface area (Å²) in [6.07, 6.45) is 2.22. The first-order valence-electron chi connectivity index (χ1n) is 10.1. The van der Waals surface area contributed by atoms with Crippen molar-refractivity contribution in [2.24, 2.45) is 5.92 Å². The quantitative estimate of drug-likeness (QED) is 0.541. The van der Waals surface area contributed by atoms with Crippen LogP contribution in [0.5, 0.6) is 5.75 Å². The molecule has 1 saturated heterocycles. The van der Waals surface area contributed by atoms with Gasteiger partial charge in [-0.25, -0.2) is 0 Å². The SMILES string of the molecule is CCCC(=O)Oc1cccc(C(=O)N2CCC(C(=O)Nc3cccc(Cl)c3)CC2)c1. The van der Waals surface area contributed by atoms with Crippen LogP contribution in [0.25, 0.3) is 0 Å². The third-order valence-electron chi connectivity index (χ3n) is 5.01. The molecule has 0 spiro atoms. The lowest BCUT2D eigenvalue weighted by molar-refractivity contribution is -0.134. The van der Waals surface area contributed by atoms with Crippen LogP contribution in [0.3, 0.4) is 0 Å². The highest BCUT2D eigenvalue weighted by Crippen LogP contribution is 2.23. The Morgan fingerprint density at radius 2 is 1.83 bits per heavy atom. The van der Waals surface area contributed by atoms with E-state index in [0.29, 0.717) is 60.8 Å². The Kier molecular flexibility index (Phi) is 7.46. The summed E-state index contributed by atoms with van der Waals surface area (Å²) in [6, 6.07) is 13.7. The van der Waals surface area contributed by atoms with E-state index in [0.717, 1.165) is 0 Å². The van der Waals surface area contributed by atoms with E-state index in [1.165, 1.54) is 0 Å². The normalized spacial score (nSPS) is 14.3. The molecule has 1 N–H and O–H groups in total. The minimum absolute atomic E-state index is 0.0609. The van der Waals surface area contributed by atoms with Crippen molar-refractivity contribution in [3.05, 3.63) is 59.1 Å². The van der Waals surface area contributed by atoms with E-state index in [1.807, 2.05) is 6.92 Å². The van der Waals surface area contributed by atoms with E-state index in [-0.39, 0.29) is 23.7 Å². The van der Waals surface area contributed by atoms with Crippen LogP contribution in [-0.4, -0.2) is 35.8 Å². The Morgan fingerprint density at radius 3 is 2.53 bits per heavy atom. The molecule has 158 valence electrons. The van der Waals surface area contributed by atoms with Crippen molar-refractivity contribution in [1.29, 1.82) is 0 Å². The number of ether oxygens (including phenoxy) is 1. The van der Waals surface area contributed by atoms with Crippen molar-refractivity contribution < 1.29 is 19.1 Å². The summed E-state index contributed by atoms with van der Waals surface area (Å²) in [5, 5.41) is 3.45. The molecule has 0 saturated carbocycles. The third kappa shape index (κ3) is 5.83. The fourth-order valence-electron chi connectivity index (χ4n) is 3.42. The van der Waals surface area contributed by atoms with E-state index < -0.39 is 0 Å². The van der Waals surface area contributed by atoms with Gasteiger partial charge in [-0.15, -0.1) is 0 Å². The molecule has 1 heterocycles. The molecule has 0 radical (unpaired) electrons. The largest absolute Gasteiger partial charge is 0.427 e. The molecule has 1 fully saturated rings. The number of halogens is 1. The lowest BCUT2D eigenvalue weighted by Gasteiger charge is -2.31. The number of nitrogens with one attached hydrogen (secondary N) is 1. The Bertz CT molecular complexity index is 923. The molecule has 0 atom stereocenters. The predicted molar refractivity (Wildman–Crippen MR) is 116 cm³/mol. The molecule has 7 heteroatoms. The molecule has 0 unspecified atom stereocenters. The van der Waals surface area contributed by atoms with Crippen molar-refractivity contribution in [1.82, 2.24) is 4.90 Å². The summed E-state index contributed by atoms with van der Waals surface area (Å²) in [7, 11) is 0. The van der Waals surface area contributed by atoms with Crippen LogP contribution in [0.4, 0.5) is 5.69 Å². The summed E-state index contributed by atoms with van der Waals surface area (Å²) < 4.78 is 5.27. The smallest absolute Gasteiger partial charge is 0.311 e. The minimum atomic E-state index is -0.311. The molecule has 1 aliphatic rings. The molecule has 0 aromatic heterocycles. The first kappa shape index (κ1) is 21.8. The van der Waals surface area contributed by atoms with Gasteiger partial charge in [-0.2, -0.15) is 0 Å². The zero-order valence-corrected chi connectivity index (χ0v) is 17.7. The first-order chi connectivity index (χ1) is 14.5. The van der Waals surface area contributed by atoms with Gasteiger partial charge in [0.25, 0.3) is 5.91 Å². The average Bonchev–Trinajstić information content (AvgIpc) is 2.73. The van der Waals surface area contributed by atoms with Crippen LogP contribution >= 0.6 is 11.6 Å². The summed E-state index contributed by atoms with van der Waals surface area (Å²) in [6.45, 7) is 2.89. The van der Waals surface area contributed by atoms with Gasteiger partial charge in [0.15, 0.2) is 0 Å². The zero-order chi connectivity index (χ0) is 21.5. The number of carbonyl (C=O) groups excluding carboxylic acids is 3. The average molecular weight is 429 g/mol. The van der Waals surface area contributed by atoms with Gasteiger partial charge >= 0.3 is 5.97 Å². The summed E-state index contributed by atoms with van der Waals surface area (Å²) >= 11 is 5.96. The number of nitrogens with zero attached hydrogens (tertiary/aromatic N) is 1. The van der Waals surface area contributed by atoms with Crippen LogP contribution in [0.15, 0.2) is 48.5 Å². The number of benzene rings is 2. The Balaban J connectivity index is 1.55. The molecule has 3 rings (SSSR count). The van der Waals surface area contributed by atoms with Crippen LogP contribution in [-0.2, 0) is 9.59 Å². The van der Waals surface area contributed by atoms with E-state index in [1.54, 1.807) is 53.4 Å². The van der Waals surface area contributed by atoms with Crippen LogP contribution in [0.1, 0.15) is 43.0 Å². The van der Waals surface area contributed by atoms with Crippen LogP contribution in [0, 0.1) is 5.92 Å². The van der Waals surface area contributed by atoms with Gasteiger partial charge in [0.05, 0.1) is 0 Å². The lowest BCUT2D eigenvalue weighted by atomic mass is 9.95. The van der Waals surface area contributed by atoms with E-state index in [2.05, 4.69) is 5.32 Å². The highest BCUT2D eigenvalue weighted by molar-refractivity contribution is 6.30. The van der Waals surface area contributed by atoms with Crippen LogP contribution < -0.4 is 10.1 Å². The van der Waals surface area contributed by atoms with Gasteiger partial charge in [-0.3, -0.25) is 14.4 Å². The van der Waals surface area contributed by atoms with E-state index >= 15 is 0 Å². The Labute approximate surface area is 181 Å². The fraction of sp³-hybridized carbons (Fsp3) is 0.348. The summed E-state index contributed by atoms with van der Waals surface area (Å²) in [5.74, 6) is -0.288. The third-order valence-corrected chi connectivity index (χ3v) is 5.25. The molecule has 30 heavy (non-hydrogen) atoms. The van der Waals surface area contributed by atoms with Crippen LogP contribution in [0.2, 0.25) is 5.02 Å². The second-order valence-electron chi connectivity index (χ2n) is 7.32. The van der Waals surface area contributed by atoms with Crippen molar-refractivity contribution >= 4 is 35.1 Å². The maximum Gasteiger partial charge on any atom is 0.311 e. The van der Waals surface area contributed by atoms with Gasteiger partial charge < -0.3 is 15.0 Å². The van der Waals surface area contributed by atoms with Gasteiger partial charge in [0, 0.05) is 41.7 Å². The number of likely N-dealkylation sites (tertiary alicyclic amines) is 1. The van der Waals surface area contributed by atoms with Gasteiger partial charge in [0.1, 0.15) is 5.75 Å². The molecule has 0 bridgehead atoms. The van der Waals surface area contributed by atoms with Gasteiger partial charge in [-0.05, 0) is 55.7 Å². The van der Waals surface area contributed by atoms with Crippen molar-refractivity contribution in [3.63, 3.8) is 0 Å². The lowest BCUT2D eigenvalue weighted by Crippen LogP contribution is -2.41. The molecule has 6 nitrogen and oxygen atoms in total. The number of hydrogen-bond acceptors (Lipinski definition) is 4. The Morgan fingerprint density at radius 1 is 1.10 bits per heavy atom. The maximum atomic E-state index is 12.8. The van der Waals surface area contributed by atoms with E-state index in [9.17, 15) is 14.4 Å². The Hall–Kier alpha value is -2.86. The molecule has 2 aromatic rings. The van der Waals surface area contributed by atoms with Crippen molar-refractivity contribution in [2.75, 3.05) is 18.4 Å². The number of carbonyl (C=O) groups is 3. The molecule has 0 aliphatic carbocycles. The highest BCUT2D eigenvalue weighted by Gasteiger charge is 2.28. The number of esters is 1. The number of piperidine rings is 1. The van der Waals surface area contributed by atoms with Gasteiger partial charge in [0.2, 0.25) is 5.91 Å². The number of anilines is 1. The number of amides is 2. The fourth-order valence-corrected chi connectivity index (χ4v) is 3.61. The number of rotatable bonds is 6. The second kappa shape index (κ2) is 10.3. The standard InChI is InChI=1S/C23H25ClN2O4/c1-2-5-21(27)30-20-9-3-6-17(14-20)23(29)26-12-10-16(11-13-26)22(28)25-19-8-4-7-18(24)15-19/h3-4,6-9,14-16H,2,5,10-13H2,1H3,(H,25,28). The van der Waals surface area contributed by atoms with Gasteiger partial charge in [-0.1, -0.05) is 30.7 Å². The summed E-state index contributed by atoms with van der Waals surface area (Å²) in [5.41, 5.74) is 1.14.